The van der Waals surface area contributed by atoms with Crippen molar-refractivity contribution in [3.05, 3.63) is 59.7 Å². The zero-order chi connectivity index (χ0) is 25.6. The number of benzene rings is 1. The van der Waals surface area contributed by atoms with Gasteiger partial charge in [0.2, 0.25) is 0 Å². The maximum Gasteiger partial charge on any atom is 0.273 e. The Kier molecular flexibility index (Phi) is 6.13. The minimum absolute atomic E-state index is 0.0453. The van der Waals surface area contributed by atoms with Gasteiger partial charge in [-0.3, -0.25) is 14.3 Å². The fourth-order valence-electron chi connectivity index (χ4n) is 7.40. The van der Waals surface area contributed by atoms with Gasteiger partial charge in [-0.1, -0.05) is 25.1 Å². The zero-order valence-electron chi connectivity index (χ0n) is 21.7. The molecule has 0 atom stereocenters. The lowest BCUT2D eigenvalue weighted by atomic mass is 9.48. The largest absolute Gasteiger partial charge is 0.351 e. The minimum atomic E-state index is -0.273. The van der Waals surface area contributed by atoms with Crippen molar-refractivity contribution >= 4 is 17.5 Å². The van der Waals surface area contributed by atoms with Crippen LogP contribution in [0.3, 0.4) is 0 Å². The van der Waals surface area contributed by atoms with Crippen LogP contribution >= 0.6 is 0 Å². The molecule has 0 spiro atoms. The molecule has 4 bridgehead atoms. The number of nitrogens with one attached hydrogen (secondary N) is 2. The second kappa shape index (κ2) is 9.47. The van der Waals surface area contributed by atoms with Gasteiger partial charge in [0, 0.05) is 30.9 Å². The highest BCUT2D eigenvalue weighted by atomic mass is 16.2. The number of carbonyl (C=O) groups is 2. The molecule has 8 heteroatoms. The average molecular weight is 501 g/mol. The van der Waals surface area contributed by atoms with Gasteiger partial charge in [-0.15, -0.1) is 0 Å². The Morgan fingerprint density at radius 2 is 1.62 bits per heavy atom. The van der Waals surface area contributed by atoms with Crippen LogP contribution in [-0.2, 0) is 12.0 Å². The quantitative estimate of drug-likeness (QED) is 0.458. The number of amides is 2. The molecule has 4 aliphatic rings. The van der Waals surface area contributed by atoms with Crippen LogP contribution in [0.15, 0.2) is 42.7 Å². The summed E-state index contributed by atoms with van der Waals surface area (Å²) in [6, 6.07) is 9.99. The summed E-state index contributed by atoms with van der Waals surface area (Å²) in [6.45, 7) is 5.13. The molecule has 0 unspecified atom stereocenters. The molecule has 0 saturated heterocycles. The Hall–Kier alpha value is -3.42. The van der Waals surface area contributed by atoms with E-state index in [0.717, 1.165) is 54.8 Å². The Morgan fingerprint density at radius 1 is 0.946 bits per heavy atom. The molecule has 37 heavy (non-hydrogen) atoms. The summed E-state index contributed by atoms with van der Waals surface area (Å²) in [5, 5.41) is 15.5. The van der Waals surface area contributed by atoms with E-state index in [9.17, 15) is 9.59 Å². The predicted octanol–water partition coefficient (Wildman–Crippen LogP) is 4.95. The van der Waals surface area contributed by atoms with E-state index in [1.807, 2.05) is 55.1 Å². The molecule has 4 aliphatic carbocycles. The van der Waals surface area contributed by atoms with Gasteiger partial charge in [-0.25, -0.2) is 4.68 Å². The molecule has 2 amide bonds. The van der Waals surface area contributed by atoms with Crippen molar-refractivity contribution in [1.82, 2.24) is 24.9 Å². The number of para-hydroxylation sites is 1. The average Bonchev–Trinajstić information content (AvgIpc) is 3.52. The lowest BCUT2D eigenvalue weighted by Crippen LogP contribution is -2.49. The van der Waals surface area contributed by atoms with Crippen molar-refractivity contribution in [3.63, 3.8) is 0 Å². The second-order valence-corrected chi connectivity index (χ2v) is 11.3. The molecule has 0 aliphatic heterocycles. The maximum absolute atomic E-state index is 13.9. The smallest absolute Gasteiger partial charge is 0.273 e. The van der Waals surface area contributed by atoms with Gasteiger partial charge >= 0.3 is 0 Å². The highest BCUT2D eigenvalue weighted by Gasteiger charge is 2.54. The fraction of sp³-hybridized carbons (Fsp3) is 0.517. The molecule has 194 valence electrons. The van der Waals surface area contributed by atoms with Gasteiger partial charge in [0.15, 0.2) is 5.69 Å². The van der Waals surface area contributed by atoms with Gasteiger partial charge in [0.25, 0.3) is 11.8 Å². The van der Waals surface area contributed by atoms with Crippen molar-refractivity contribution in [3.8, 4) is 5.69 Å². The van der Waals surface area contributed by atoms with E-state index in [1.54, 1.807) is 10.9 Å². The number of hydrogen-bond donors (Lipinski definition) is 2. The number of anilines is 1. The van der Waals surface area contributed by atoms with Crippen LogP contribution in [-0.4, -0.2) is 37.9 Å². The normalized spacial score (nSPS) is 25.8. The molecular formula is C29H36N6O2. The van der Waals surface area contributed by atoms with Crippen molar-refractivity contribution < 1.29 is 9.59 Å². The predicted molar refractivity (Wildman–Crippen MR) is 142 cm³/mol. The molecule has 8 nitrogen and oxygen atoms in total. The van der Waals surface area contributed by atoms with Crippen molar-refractivity contribution in [2.75, 3.05) is 11.9 Å². The van der Waals surface area contributed by atoms with Gasteiger partial charge in [-0.05, 0) is 81.8 Å². The van der Waals surface area contributed by atoms with Gasteiger partial charge < -0.3 is 10.6 Å². The summed E-state index contributed by atoms with van der Waals surface area (Å²) in [4.78, 5) is 26.7. The van der Waals surface area contributed by atoms with Crippen LogP contribution in [0, 0.1) is 17.8 Å². The lowest BCUT2D eigenvalue weighted by Gasteiger charge is -2.56. The Labute approximate surface area is 217 Å². The minimum Gasteiger partial charge on any atom is -0.351 e. The highest BCUT2D eigenvalue weighted by Crippen LogP contribution is 2.60. The first-order valence-electron chi connectivity index (χ1n) is 13.8. The van der Waals surface area contributed by atoms with E-state index in [-0.39, 0.29) is 22.9 Å². The summed E-state index contributed by atoms with van der Waals surface area (Å²) < 4.78 is 3.54. The molecule has 2 aromatic heterocycles. The molecule has 1 aromatic carbocycles. The topological polar surface area (TPSA) is 93.8 Å². The Morgan fingerprint density at radius 3 is 2.24 bits per heavy atom. The lowest BCUT2D eigenvalue weighted by molar-refractivity contribution is -0.00765. The summed E-state index contributed by atoms with van der Waals surface area (Å²) in [7, 11) is 0. The number of aromatic nitrogens is 4. The summed E-state index contributed by atoms with van der Waals surface area (Å²) in [5.74, 6) is 1.71. The molecule has 4 saturated carbocycles. The van der Waals surface area contributed by atoms with Gasteiger partial charge in [0.1, 0.15) is 0 Å². The molecule has 0 radical (unpaired) electrons. The van der Waals surface area contributed by atoms with Crippen LogP contribution in [0.1, 0.15) is 85.3 Å². The Balaban J connectivity index is 1.38. The molecule has 2 heterocycles. The Bertz CT molecular complexity index is 1270. The second-order valence-electron chi connectivity index (χ2n) is 11.3. The summed E-state index contributed by atoms with van der Waals surface area (Å²) in [6.07, 6.45) is 11.8. The van der Waals surface area contributed by atoms with E-state index >= 15 is 0 Å². The van der Waals surface area contributed by atoms with Crippen molar-refractivity contribution in [2.45, 2.75) is 70.8 Å². The number of hydrogen-bond acceptors (Lipinski definition) is 4. The van der Waals surface area contributed by atoms with Crippen LogP contribution in [0.2, 0.25) is 0 Å². The third kappa shape index (κ3) is 4.36. The van der Waals surface area contributed by atoms with E-state index in [2.05, 4.69) is 15.7 Å². The van der Waals surface area contributed by atoms with Gasteiger partial charge in [-0.2, -0.15) is 10.2 Å². The van der Waals surface area contributed by atoms with E-state index in [0.29, 0.717) is 24.3 Å². The number of nitrogens with zero attached hydrogens (tertiary/aromatic N) is 4. The first kappa shape index (κ1) is 23.9. The molecule has 7 rings (SSSR count). The first-order chi connectivity index (χ1) is 18.0. The molecule has 2 N–H and O–H groups in total. The fourth-order valence-corrected chi connectivity index (χ4v) is 7.40. The number of rotatable bonds is 8. The molecule has 4 fully saturated rings. The SMILES string of the molecule is CCCNC(=O)c1nn(CC)cc1NC(=O)c1cn(-c2ccccc2)nc1C12CC3CC(CC(C3)C1)C2. The number of aryl methyl sites for hydroxylation is 1. The molecule has 3 aromatic rings. The van der Waals surface area contributed by atoms with Crippen LogP contribution in [0.4, 0.5) is 5.69 Å². The van der Waals surface area contributed by atoms with Crippen molar-refractivity contribution in [1.29, 1.82) is 0 Å². The highest BCUT2D eigenvalue weighted by molar-refractivity contribution is 6.08. The number of carbonyl (C=O) groups excluding carboxylic acids is 2. The zero-order valence-corrected chi connectivity index (χ0v) is 21.7. The van der Waals surface area contributed by atoms with E-state index < -0.39 is 0 Å². The standard InChI is InChI=1S/C29H36N6O2/c1-3-10-30-28(37)25-24(18-34(4-2)32-25)31-27(36)23-17-35(22-8-6-5-7-9-22)33-26(23)29-14-19-11-20(15-29)13-21(12-19)16-29/h5-9,17-21H,3-4,10-16H2,1-2H3,(H,30,37)(H,31,36). The summed E-state index contributed by atoms with van der Waals surface area (Å²) in [5.41, 5.74) is 3.10. The van der Waals surface area contributed by atoms with E-state index in [4.69, 9.17) is 5.10 Å². The van der Waals surface area contributed by atoms with Crippen LogP contribution in [0.5, 0.6) is 0 Å². The summed E-state index contributed by atoms with van der Waals surface area (Å²) >= 11 is 0. The molecular weight excluding hydrogens is 464 g/mol. The third-order valence-corrected chi connectivity index (χ3v) is 8.60. The maximum atomic E-state index is 13.9. The monoisotopic (exact) mass is 500 g/mol. The third-order valence-electron chi connectivity index (χ3n) is 8.60. The van der Waals surface area contributed by atoms with E-state index in [1.165, 1.54) is 19.3 Å². The van der Waals surface area contributed by atoms with Crippen LogP contribution in [0.25, 0.3) is 5.69 Å². The van der Waals surface area contributed by atoms with Crippen molar-refractivity contribution in [2.24, 2.45) is 17.8 Å². The van der Waals surface area contributed by atoms with Gasteiger partial charge in [0.05, 0.1) is 22.6 Å². The first-order valence-corrected chi connectivity index (χ1v) is 13.8. The van der Waals surface area contributed by atoms with Crippen LogP contribution < -0.4 is 10.6 Å².